The van der Waals surface area contributed by atoms with Gasteiger partial charge < -0.3 is 20.1 Å². The smallest absolute Gasteiger partial charge is 0.175 e. The lowest BCUT2D eigenvalue weighted by Crippen LogP contribution is -2.31. The van der Waals surface area contributed by atoms with Crippen LogP contribution in [0.15, 0.2) is 52.1 Å². The van der Waals surface area contributed by atoms with Crippen molar-refractivity contribution in [2.24, 2.45) is 5.41 Å². The first-order valence-electron chi connectivity index (χ1n) is 10.8. The molecule has 2 N–H and O–H groups in total. The van der Waals surface area contributed by atoms with Gasteiger partial charge in [0.25, 0.3) is 0 Å². The summed E-state index contributed by atoms with van der Waals surface area (Å²) in [5.74, 6) is 1.53. The second-order valence-electron chi connectivity index (χ2n) is 8.78. The summed E-state index contributed by atoms with van der Waals surface area (Å²) in [5.41, 5.74) is 4.62. The third-order valence-corrected chi connectivity index (χ3v) is 6.26. The molecule has 0 saturated carbocycles. The fourth-order valence-electron chi connectivity index (χ4n) is 4.44. The second-order valence-corrected chi connectivity index (χ2v) is 9.63. The number of carbonyl (C=O) groups is 1. The zero-order chi connectivity index (χ0) is 22.2. The molecule has 0 spiro atoms. The van der Waals surface area contributed by atoms with Crippen LogP contribution in [-0.2, 0) is 4.79 Å². The lowest BCUT2D eigenvalue weighted by molar-refractivity contribution is -0.118. The van der Waals surface area contributed by atoms with Crippen molar-refractivity contribution in [2.45, 2.75) is 46.6 Å². The average Bonchev–Trinajstić information content (AvgIpc) is 2.86. The zero-order valence-electron chi connectivity index (χ0n) is 18.5. The van der Waals surface area contributed by atoms with E-state index < -0.39 is 0 Å². The Labute approximate surface area is 192 Å². The third kappa shape index (κ3) is 4.31. The van der Waals surface area contributed by atoms with Crippen molar-refractivity contribution in [2.75, 3.05) is 23.8 Å². The molecule has 2 aliphatic rings. The maximum Gasteiger partial charge on any atom is 0.175 e. The van der Waals surface area contributed by atoms with E-state index in [4.69, 9.17) is 9.47 Å². The number of anilines is 2. The Kier molecular flexibility index (Phi) is 6.02. The molecule has 164 valence electrons. The molecule has 0 aromatic heterocycles. The van der Waals surface area contributed by atoms with Crippen molar-refractivity contribution in [3.63, 3.8) is 0 Å². The highest BCUT2D eigenvalue weighted by molar-refractivity contribution is 9.10. The predicted octanol–water partition coefficient (Wildman–Crippen LogP) is 6.47. The number of nitrogens with one attached hydrogen (secondary N) is 2. The zero-order valence-corrected chi connectivity index (χ0v) is 20.1. The van der Waals surface area contributed by atoms with Gasteiger partial charge in [-0.3, -0.25) is 4.79 Å². The maximum atomic E-state index is 13.4. The van der Waals surface area contributed by atoms with Gasteiger partial charge in [0.1, 0.15) is 0 Å². The number of Topliss-reactive ketones (excluding diaryl/α,β-unsaturated/α-hetero) is 1. The highest BCUT2D eigenvalue weighted by Gasteiger charge is 2.39. The van der Waals surface area contributed by atoms with E-state index in [0.29, 0.717) is 31.1 Å². The molecule has 0 radical (unpaired) electrons. The highest BCUT2D eigenvalue weighted by Crippen LogP contribution is 2.47. The van der Waals surface area contributed by atoms with Crippen molar-refractivity contribution in [3.8, 4) is 11.5 Å². The largest absolute Gasteiger partial charge is 0.490 e. The van der Waals surface area contributed by atoms with E-state index in [9.17, 15) is 4.79 Å². The lowest BCUT2D eigenvalue weighted by Gasteiger charge is -2.34. The van der Waals surface area contributed by atoms with Gasteiger partial charge in [0, 0.05) is 17.7 Å². The van der Waals surface area contributed by atoms with E-state index in [2.05, 4.69) is 40.4 Å². The van der Waals surface area contributed by atoms with Gasteiger partial charge >= 0.3 is 0 Å². The van der Waals surface area contributed by atoms with Crippen molar-refractivity contribution < 1.29 is 14.3 Å². The number of rotatable bonds is 5. The molecule has 0 bridgehead atoms. The van der Waals surface area contributed by atoms with Crippen LogP contribution in [0.5, 0.6) is 11.5 Å². The summed E-state index contributed by atoms with van der Waals surface area (Å²) in [6, 6.07) is 11.8. The highest BCUT2D eigenvalue weighted by atomic mass is 79.9. The summed E-state index contributed by atoms with van der Waals surface area (Å²) in [6.07, 6.45) is 1.34. The number of allylic oxidation sites excluding steroid dienone is 1. The number of halogens is 1. The summed E-state index contributed by atoms with van der Waals surface area (Å²) in [6.45, 7) is 9.27. The molecule has 1 atom stereocenters. The topological polar surface area (TPSA) is 59.6 Å². The Morgan fingerprint density at radius 3 is 2.48 bits per heavy atom. The van der Waals surface area contributed by atoms with Gasteiger partial charge in [-0.1, -0.05) is 26.0 Å². The standard InChI is InChI=1S/C25H29BrN2O3/c1-5-30-21-12-15(11-16(26)24(21)31-6-2)23-22-19(13-25(3,4)14-20(22)29)27-17-9-7-8-10-18(17)28-23/h7-12,23,27-28H,5-6,13-14H2,1-4H3. The molecule has 31 heavy (non-hydrogen) atoms. The van der Waals surface area contributed by atoms with Gasteiger partial charge in [0.2, 0.25) is 0 Å². The van der Waals surface area contributed by atoms with Crippen LogP contribution in [0.25, 0.3) is 0 Å². The van der Waals surface area contributed by atoms with E-state index in [0.717, 1.165) is 39.1 Å². The number of para-hydroxylation sites is 2. The molecule has 4 rings (SSSR count). The Morgan fingerprint density at radius 1 is 1.06 bits per heavy atom. The van der Waals surface area contributed by atoms with Crippen LogP contribution >= 0.6 is 15.9 Å². The van der Waals surface area contributed by atoms with E-state index in [-0.39, 0.29) is 17.2 Å². The Morgan fingerprint density at radius 2 is 1.77 bits per heavy atom. The monoisotopic (exact) mass is 484 g/mol. The molecule has 6 heteroatoms. The van der Waals surface area contributed by atoms with Crippen LogP contribution in [0.4, 0.5) is 11.4 Å². The molecule has 0 fully saturated rings. The van der Waals surface area contributed by atoms with Crippen molar-refractivity contribution >= 4 is 33.1 Å². The van der Waals surface area contributed by atoms with E-state index >= 15 is 0 Å². The molecule has 1 unspecified atom stereocenters. The summed E-state index contributed by atoms with van der Waals surface area (Å²) >= 11 is 3.66. The van der Waals surface area contributed by atoms with Gasteiger partial charge in [-0.2, -0.15) is 0 Å². The number of ketones is 1. The molecule has 1 aliphatic heterocycles. The Balaban J connectivity index is 1.88. The Bertz CT molecular complexity index is 1050. The van der Waals surface area contributed by atoms with Crippen LogP contribution in [0, 0.1) is 5.41 Å². The van der Waals surface area contributed by atoms with E-state index in [1.165, 1.54) is 0 Å². The first-order valence-corrected chi connectivity index (χ1v) is 11.6. The molecule has 5 nitrogen and oxygen atoms in total. The summed E-state index contributed by atoms with van der Waals surface area (Å²) in [5, 5.41) is 7.18. The van der Waals surface area contributed by atoms with Crippen LogP contribution in [-0.4, -0.2) is 19.0 Å². The quantitative estimate of drug-likeness (QED) is 0.509. The lowest BCUT2D eigenvalue weighted by atomic mass is 9.73. The molecule has 1 heterocycles. The molecule has 0 saturated heterocycles. The van der Waals surface area contributed by atoms with Crippen molar-refractivity contribution in [3.05, 3.63) is 57.7 Å². The summed E-state index contributed by atoms with van der Waals surface area (Å²) < 4.78 is 12.5. The second kappa shape index (κ2) is 8.58. The molecule has 2 aromatic rings. The number of ether oxygens (including phenoxy) is 2. The first-order chi connectivity index (χ1) is 14.8. The minimum absolute atomic E-state index is 0.0807. The normalized spacial score (nSPS) is 19.5. The molecular weight excluding hydrogens is 456 g/mol. The van der Waals surface area contributed by atoms with Crippen molar-refractivity contribution in [1.29, 1.82) is 0 Å². The Hall–Kier alpha value is -2.47. The van der Waals surface area contributed by atoms with E-state index in [1.807, 2.05) is 50.2 Å². The van der Waals surface area contributed by atoms with Crippen LogP contribution in [0.1, 0.15) is 52.1 Å². The summed E-state index contributed by atoms with van der Waals surface area (Å²) in [4.78, 5) is 13.4. The fraction of sp³-hybridized carbons (Fsp3) is 0.400. The predicted molar refractivity (Wildman–Crippen MR) is 128 cm³/mol. The van der Waals surface area contributed by atoms with Crippen LogP contribution in [0.3, 0.4) is 0 Å². The van der Waals surface area contributed by atoms with Crippen LogP contribution < -0.4 is 20.1 Å². The molecule has 2 aromatic carbocycles. The third-order valence-electron chi connectivity index (χ3n) is 5.67. The van der Waals surface area contributed by atoms with Gasteiger partial charge in [0.05, 0.1) is 35.1 Å². The minimum Gasteiger partial charge on any atom is -0.490 e. The van der Waals surface area contributed by atoms with Gasteiger partial charge in [-0.05, 0) is 71.4 Å². The number of hydrogen-bond acceptors (Lipinski definition) is 5. The van der Waals surface area contributed by atoms with Gasteiger partial charge in [0.15, 0.2) is 17.3 Å². The van der Waals surface area contributed by atoms with Crippen molar-refractivity contribution in [1.82, 2.24) is 0 Å². The number of hydrogen-bond donors (Lipinski definition) is 2. The SMILES string of the molecule is CCOc1cc(C2Nc3ccccc3NC3=C2C(=O)CC(C)(C)C3)cc(Br)c1OCC. The fourth-order valence-corrected chi connectivity index (χ4v) is 5.02. The molecular formula is C25H29BrN2O3. The molecule has 1 aliphatic carbocycles. The minimum atomic E-state index is -0.291. The molecule has 0 amide bonds. The maximum absolute atomic E-state index is 13.4. The van der Waals surface area contributed by atoms with Gasteiger partial charge in [-0.25, -0.2) is 0 Å². The number of fused-ring (bicyclic) bond motifs is 1. The summed E-state index contributed by atoms with van der Waals surface area (Å²) in [7, 11) is 0. The van der Waals surface area contributed by atoms with Gasteiger partial charge in [-0.15, -0.1) is 0 Å². The average molecular weight is 485 g/mol. The van der Waals surface area contributed by atoms with Crippen LogP contribution in [0.2, 0.25) is 0 Å². The van der Waals surface area contributed by atoms with E-state index in [1.54, 1.807) is 0 Å². The number of carbonyl (C=O) groups excluding carboxylic acids is 1. The number of benzene rings is 2. The first kappa shape index (κ1) is 21.8.